The van der Waals surface area contributed by atoms with Gasteiger partial charge in [0.15, 0.2) is 9.84 Å². The fraction of sp³-hybridized carbons (Fsp3) is 1.00. The molecule has 1 fully saturated rings. The van der Waals surface area contributed by atoms with Crippen LogP contribution in [0.3, 0.4) is 0 Å². The average molecular weight is 213 g/mol. The Morgan fingerprint density at radius 3 is 2.38 bits per heavy atom. The second kappa shape index (κ2) is 2.88. The lowest BCUT2D eigenvalue weighted by Crippen LogP contribution is -2.53. The molecule has 1 heterocycles. The topological polar surface area (TPSA) is 60.2 Å². The van der Waals surface area contributed by atoms with E-state index in [1.165, 1.54) is 6.92 Å². The SMILES string of the molecule is CC1(CN)CS(=O)(=O)CCC1(F)F. The fourth-order valence-electron chi connectivity index (χ4n) is 1.46. The Hall–Kier alpha value is -0.230. The summed E-state index contributed by atoms with van der Waals surface area (Å²) in [6, 6.07) is 0. The first-order chi connectivity index (χ1) is 5.72. The summed E-state index contributed by atoms with van der Waals surface area (Å²) in [5, 5.41) is 0. The second-order valence-electron chi connectivity index (χ2n) is 3.81. The number of sulfone groups is 1. The van der Waals surface area contributed by atoms with E-state index in [-0.39, 0.29) is 6.54 Å². The van der Waals surface area contributed by atoms with Crippen LogP contribution in [0.4, 0.5) is 8.78 Å². The Labute approximate surface area is 76.2 Å². The zero-order chi connectivity index (χ0) is 10.3. The molecule has 1 aliphatic heterocycles. The van der Waals surface area contributed by atoms with Crippen molar-refractivity contribution in [1.82, 2.24) is 0 Å². The highest BCUT2D eigenvalue weighted by Crippen LogP contribution is 2.43. The van der Waals surface area contributed by atoms with E-state index >= 15 is 0 Å². The maximum Gasteiger partial charge on any atom is 0.256 e. The molecule has 1 aliphatic rings. The Morgan fingerprint density at radius 1 is 1.46 bits per heavy atom. The van der Waals surface area contributed by atoms with Crippen LogP contribution in [-0.2, 0) is 9.84 Å². The van der Waals surface area contributed by atoms with Gasteiger partial charge in [-0.1, -0.05) is 6.92 Å². The van der Waals surface area contributed by atoms with Crippen LogP contribution in [0.15, 0.2) is 0 Å². The lowest BCUT2D eigenvalue weighted by molar-refractivity contribution is -0.105. The van der Waals surface area contributed by atoms with Crippen LogP contribution in [0.25, 0.3) is 0 Å². The summed E-state index contributed by atoms with van der Waals surface area (Å²) < 4.78 is 48.8. The molecule has 1 unspecified atom stereocenters. The van der Waals surface area contributed by atoms with E-state index in [1.54, 1.807) is 0 Å². The molecular weight excluding hydrogens is 200 g/mol. The summed E-state index contributed by atoms with van der Waals surface area (Å²) >= 11 is 0. The first-order valence-electron chi connectivity index (χ1n) is 4.01. The Bertz CT molecular complexity index is 302. The van der Waals surface area contributed by atoms with Crippen molar-refractivity contribution in [1.29, 1.82) is 0 Å². The van der Waals surface area contributed by atoms with Gasteiger partial charge in [-0.3, -0.25) is 0 Å². The van der Waals surface area contributed by atoms with E-state index in [4.69, 9.17) is 5.73 Å². The zero-order valence-electron chi connectivity index (χ0n) is 7.39. The lowest BCUT2D eigenvalue weighted by Gasteiger charge is -2.39. The van der Waals surface area contributed by atoms with Crippen molar-refractivity contribution in [3.63, 3.8) is 0 Å². The molecule has 13 heavy (non-hydrogen) atoms. The van der Waals surface area contributed by atoms with Crippen molar-refractivity contribution in [2.24, 2.45) is 11.1 Å². The van der Waals surface area contributed by atoms with E-state index in [0.29, 0.717) is 0 Å². The Balaban J connectivity index is 3.01. The van der Waals surface area contributed by atoms with Crippen LogP contribution in [0.5, 0.6) is 0 Å². The number of halogens is 2. The minimum Gasteiger partial charge on any atom is -0.330 e. The summed E-state index contributed by atoms with van der Waals surface area (Å²) in [7, 11) is -3.33. The predicted octanol–water partition coefficient (Wildman–Crippen LogP) is 0.405. The number of alkyl halides is 2. The maximum atomic E-state index is 13.3. The van der Waals surface area contributed by atoms with Gasteiger partial charge in [0.1, 0.15) is 0 Å². The number of nitrogens with two attached hydrogens (primary N) is 1. The molecule has 0 radical (unpaired) electrons. The molecule has 3 nitrogen and oxygen atoms in total. The third-order valence-corrected chi connectivity index (χ3v) is 4.50. The molecule has 0 aromatic carbocycles. The molecule has 1 saturated heterocycles. The standard InChI is InChI=1S/C7H13F2NO2S/c1-6(4-10)5-13(11,12)3-2-7(6,8)9/h2-5,10H2,1H3. The number of rotatable bonds is 1. The van der Waals surface area contributed by atoms with Gasteiger partial charge in [-0.05, 0) is 0 Å². The molecule has 0 aromatic rings. The summed E-state index contributed by atoms with van der Waals surface area (Å²) in [4.78, 5) is 0. The third-order valence-electron chi connectivity index (χ3n) is 2.60. The molecule has 78 valence electrons. The van der Waals surface area contributed by atoms with Crippen molar-refractivity contribution < 1.29 is 17.2 Å². The largest absolute Gasteiger partial charge is 0.330 e. The Morgan fingerprint density at radius 2 is 2.00 bits per heavy atom. The fourth-order valence-corrected chi connectivity index (χ4v) is 3.47. The summed E-state index contributed by atoms with van der Waals surface area (Å²) in [5.74, 6) is -3.91. The third kappa shape index (κ3) is 1.83. The lowest BCUT2D eigenvalue weighted by atomic mass is 9.83. The molecule has 0 amide bonds. The highest BCUT2D eigenvalue weighted by atomic mass is 32.2. The van der Waals surface area contributed by atoms with Gasteiger partial charge >= 0.3 is 0 Å². The van der Waals surface area contributed by atoms with Crippen molar-refractivity contribution in [3.8, 4) is 0 Å². The van der Waals surface area contributed by atoms with E-state index in [2.05, 4.69) is 0 Å². The highest BCUT2D eigenvalue weighted by molar-refractivity contribution is 7.91. The van der Waals surface area contributed by atoms with Crippen molar-refractivity contribution in [3.05, 3.63) is 0 Å². The van der Waals surface area contributed by atoms with E-state index in [1.807, 2.05) is 0 Å². The van der Waals surface area contributed by atoms with Gasteiger partial charge in [0.05, 0.1) is 16.9 Å². The van der Waals surface area contributed by atoms with Crippen LogP contribution < -0.4 is 5.73 Å². The average Bonchev–Trinajstić information content (AvgIpc) is 1.98. The van der Waals surface area contributed by atoms with Crippen LogP contribution in [0.2, 0.25) is 0 Å². The monoisotopic (exact) mass is 213 g/mol. The van der Waals surface area contributed by atoms with E-state index in [9.17, 15) is 17.2 Å². The molecular formula is C7H13F2NO2S. The van der Waals surface area contributed by atoms with Crippen molar-refractivity contribution in [2.45, 2.75) is 19.3 Å². The molecule has 6 heteroatoms. The molecule has 0 aliphatic carbocycles. The van der Waals surface area contributed by atoms with Gasteiger partial charge < -0.3 is 5.73 Å². The molecule has 0 bridgehead atoms. The van der Waals surface area contributed by atoms with Gasteiger partial charge in [-0.15, -0.1) is 0 Å². The molecule has 0 spiro atoms. The van der Waals surface area contributed by atoms with Gasteiger partial charge in [0.2, 0.25) is 0 Å². The zero-order valence-corrected chi connectivity index (χ0v) is 8.20. The number of hydrogen-bond donors (Lipinski definition) is 1. The molecule has 1 rings (SSSR count). The predicted molar refractivity (Wildman–Crippen MR) is 45.4 cm³/mol. The number of hydrogen-bond acceptors (Lipinski definition) is 3. The summed E-state index contributed by atoms with van der Waals surface area (Å²) in [6.07, 6.45) is -0.608. The van der Waals surface area contributed by atoms with Gasteiger partial charge in [-0.2, -0.15) is 0 Å². The minimum atomic E-state index is -3.33. The minimum absolute atomic E-state index is 0.306. The first-order valence-corrected chi connectivity index (χ1v) is 5.83. The highest BCUT2D eigenvalue weighted by Gasteiger charge is 2.54. The molecule has 0 saturated carbocycles. The maximum absolute atomic E-state index is 13.3. The van der Waals surface area contributed by atoms with Crippen molar-refractivity contribution in [2.75, 3.05) is 18.1 Å². The Kier molecular flexibility index (Phi) is 2.40. The molecule has 1 atom stereocenters. The van der Waals surface area contributed by atoms with Crippen LogP contribution >= 0.6 is 0 Å². The summed E-state index contributed by atoms with van der Waals surface area (Å²) in [6.45, 7) is 0.920. The van der Waals surface area contributed by atoms with Gasteiger partial charge in [-0.25, -0.2) is 17.2 Å². The van der Waals surface area contributed by atoms with Crippen molar-refractivity contribution >= 4 is 9.84 Å². The summed E-state index contributed by atoms with van der Waals surface area (Å²) in [5.41, 5.74) is 3.60. The van der Waals surface area contributed by atoms with Crippen LogP contribution in [-0.4, -0.2) is 32.4 Å². The van der Waals surface area contributed by atoms with Gasteiger partial charge in [0.25, 0.3) is 5.92 Å². The smallest absolute Gasteiger partial charge is 0.256 e. The quantitative estimate of drug-likeness (QED) is 0.686. The molecule has 2 N–H and O–H groups in total. The van der Waals surface area contributed by atoms with E-state index in [0.717, 1.165) is 0 Å². The van der Waals surface area contributed by atoms with Crippen LogP contribution in [0.1, 0.15) is 13.3 Å². The van der Waals surface area contributed by atoms with E-state index < -0.39 is 39.1 Å². The van der Waals surface area contributed by atoms with Gasteiger partial charge in [0, 0.05) is 13.0 Å². The normalized spacial score (nSPS) is 37.2. The first kappa shape index (κ1) is 10.8. The van der Waals surface area contributed by atoms with Crippen LogP contribution in [0, 0.1) is 5.41 Å². The molecule has 0 aromatic heterocycles. The second-order valence-corrected chi connectivity index (χ2v) is 6.00.